The number of methoxy groups -OCH3 is 1. The second-order valence-electron chi connectivity index (χ2n) is 10.8. The SMILES string of the molecule is COc1cccc(CN(C(=O)CN(c2ccc(C(C)C)cc2)S(=O)(=O)c2ccccc2)C(C)C(=O)NCC(C)C)c1. The summed E-state index contributed by atoms with van der Waals surface area (Å²) >= 11 is 0. The number of ether oxygens (including phenoxy) is 1. The Morgan fingerprint density at radius 1 is 0.878 bits per heavy atom. The third-order valence-corrected chi connectivity index (χ3v) is 8.58. The van der Waals surface area contributed by atoms with Crippen LogP contribution in [-0.2, 0) is 26.2 Å². The first kappa shape index (κ1) is 31.7. The van der Waals surface area contributed by atoms with Crippen LogP contribution in [0, 0.1) is 5.92 Å². The predicted molar refractivity (Wildman–Crippen MR) is 162 cm³/mol. The van der Waals surface area contributed by atoms with Gasteiger partial charge in [0, 0.05) is 13.1 Å². The van der Waals surface area contributed by atoms with E-state index in [2.05, 4.69) is 19.2 Å². The number of nitrogens with one attached hydrogen (secondary N) is 1. The van der Waals surface area contributed by atoms with Crippen LogP contribution in [-0.4, -0.2) is 51.4 Å². The molecule has 220 valence electrons. The summed E-state index contributed by atoms with van der Waals surface area (Å²) in [5.74, 6) is 0.286. The van der Waals surface area contributed by atoms with Crippen molar-refractivity contribution in [3.05, 3.63) is 90.0 Å². The van der Waals surface area contributed by atoms with Crippen molar-refractivity contribution in [1.82, 2.24) is 10.2 Å². The van der Waals surface area contributed by atoms with Gasteiger partial charge in [-0.3, -0.25) is 13.9 Å². The fourth-order valence-corrected chi connectivity index (χ4v) is 5.71. The van der Waals surface area contributed by atoms with Crippen LogP contribution in [0.4, 0.5) is 5.69 Å². The Bertz CT molecular complexity index is 1410. The second-order valence-corrected chi connectivity index (χ2v) is 12.6. The monoisotopic (exact) mass is 579 g/mol. The Balaban J connectivity index is 2.02. The summed E-state index contributed by atoms with van der Waals surface area (Å²) in [5.41, 5.74) is 2.16. The highest BCUT2D eigenvalue weighted by Crippen LogP contribution is 2.27. The van der Waals surface area contributed by atoms with Crippen molar-refractivity contribution in [2.24, 2.45) is 5.92 Å². The molecule has 0 aliphatic carbocycles. The van der Waals surface area contributed by atoms with E-state index in [0.717, 1.165) is 15.4 Å². The minimum absolute atomic E-state index is 0.0720. The third-order valence-electron chi connectivity index (χ3n) is 6.80. The molecule has 0 fully saturated rings. The van der Waals surface area contributed by atoms with Gasteiger partial charge in [-0.25, -0.2) is 8.42 Å². The lowest BCUT2D eigenvalue weighted by Gasteiger charge is -2.32. The van der Waals surface area contributed by atoms with Gasteiger partial charge < -0.3 is 15.0 Å². The molecule has 41 heavy (non-hydrogen) atoms. The molecule has 8 nitrogen and oxygen atoms in total. The molecule has 3 aromatic carbocycles. The number of carbonyl (C=O) groups is 2. The molecule has 0 spiro atoms. The zero-order valence-corrected chi connectivity index (χ0v) is 25.5. The van der Waals surface area contributed by atoms with Crippen molar-refractivity contribution in [2.45, 2.75) is 58.0 Å². The highest BCUT2D eigenvalue weighted by molar-refractivity contribution is 7.92. The smallest absolute Gasteiger partial charge is 0.264 e. The highest BCUT2D eigenvalue weighted by Gasteiger charge is 2.32. The first-order chi connectivity index (χ1) is 19.4. The van der Waals surface area contributed by atoms with Gasteiger partial charge >= 0.3 is 0 Å². The van der Waals surface area contributed by atoms with E-state index >= 15 is 0 Å². The molecule has 0 heterocycles. The molecule has 0 aliphatic heterocycles. The Hall–Kier alpha value is -3.85. The van der Waals surface area contributed by atoms with Crippen molar-refractivity contribution >= 4 is 27.5 Å². The van der Waals surface area contributed by atoms with Crippen molar-refractivity contribution in [1.29, 1.82) is 0 Å². The Kier molecular flexibility index (Phi) is 10.9. The lowest BCUT2D eigenvalue weighted by molar-refractivity contribution is -0.139. The fourth-order valence-electron chi connectivity index (χ4n) is 4.28. The van der Waals surface area contributed by atoms with E-state index in [1.165, 1.54) is 17.0 Å². The van der Waals surface area contributed by atoms with Crippen LogP contribution < -0.4 is 14.4 Å². The third kappa shape index (κ3) is 8.33. The number of anilines is 1. The molecule has 0 bridgehead atoms. The highest BCUT2D eigenvalue weighted by atomic mass is 32.2. The van der Waals surface area contributed by atoms with E-state index in [0.29, 0.717) is 18.0 Å². The molecule has 1 atom stereocenters. The summed E-state index contributed by atoms with van der Waals surface area (Å²) < 4.78 is 34.2. The molecule has 0 aliphatic rings. The molecule has 0 saturated carbocycles. The molecular formula is C32H41N3O5S. The topological polar surface area (TPSA) is 96.0 Å². The first-order valence-electron chi connectivity index (χ1n) is 13.8. The van der Waals surface area contributed by atoms with Crippen LogP contribution in [0.2, 0.25) is 0 Å². The molecule has 3 rings (SSSR count). The average Bonchev–Trinajstić information content (AvgIpc) is 2.97. The molecule has 2 amide bonds. The maximum absolute atomic E-state index is 14.0. The van der Waals surface area contributed by atoms with E-state index < -0.39 is 28.5 Å². The van der Waals surface area contributed by atoms with Gasteiger partial charge in [0.25, 0.3) is 10.0 Å². The number of amides is 2. The summed E-state index contributed by atoms with van der Waals surface area (Å²) in [6.07, 6.45) is 0. The zero-order chi connectivity index (χ0) is 30.2. The lowest BCUT2D eigenvalue weighted by Crippen LogP contribution is -2.51. The van der Waals surface area contributed by atoms with Gasteiger partial charge in [0.1, 0.15) is 18.3 Å². The lowest BCUT2D eigenvalue weighted by atomic mass is 10.0. The number of hydrogen-bond donors (Lipinski definition) is 1. The Labute approximate surface area is 244 Å². The van der Waals surface area contributed by atoms with Crippen molar-refractivity contribution in [3.63, 3.8) is 0 Å². The molecule has 1 unspecified atom stereocenters. The van der Waals surface area contributed by atoms with Gasteiger partial charge in [0.05, 0.1) is 17.7 Å². The Morgan fingerprint density at radius 3 is 2.12 bits per heavy atom. The minimum Gasteiger partial charge on any atom is -0.497 e. The van der Waals surface area contributed by atoms with Gasteiger partial charge in [-0.1, -0.05) is 70.2 Å². The van der Waals surface area contributed by atoms with Crippen LogP contribution in [0.1, 0.15) is 51.7 Å². The van der Waals surface area contributed by atoms with E-state index in [1.807, 2.05) is 38.1 Å². The number of hydrogen-bond acceptors (Lipinski definition) is 5. The van der Waals surface area contributed by atoms with Crippen LogP contribution in [0.15, 0.2) is 83.8 Å². The molecule has 0 aromatic heterocycles. The van der Waals surface area contributed by atoms with E-state index in [-0.39, 0.29) is 29.2 Å². The average molecular weight is 580 g/mol. The Morgan fingerprint density at radius 2 is 1.54 bits per heavy atom. The summed E-state index contributed by atoms with van der Waals surface area (Å²) in [4.78, 5) is 28.6. The van der Waals surface area contributed by atoms with Gasteiger partial charge in [-0.15, -0.1) is 0 Å². The molecule has 9 heteroatoms. The summed E-state index contributed by atoms with van der Waals surface area (Å²) in [6, 6.07) is 21.6. The molecular weight excluding hydrogens is 538 g/mol. The number of sulfonamides is 1. The number of carbonyl (C=O) groups excluding carboxylic acids is 2. The molecule has 0 saturated heterocycles. The fraction of sp³-hybridized carbons (Fsp3) is 0.375. The molecule has 1 N–H and O–H groups in total. The van der Waals surface area contributed by atoms with Crippen LogP contribution in [0.3, 0.4) is 0 Å². The largest absolute Gasteiger partial charge is 0.497 e. The van der Waals surface area contributed by atoms with Crippen LogP contribution in [0.25, 0.3) is 0 Å². The summed E-state index contributed by atoms with van der Waals surface area (Å²) in [6.45, 7) is 9.81. The number of nitrogens with zero attached hydrogens (tertiary/aromatic N) is 2. The summed E-state index contributed by atoms with van der Waals surface area (Å²) in [5, 5.41) is 2.89. The maximum atomic E-state index is 14.0. The standard InChI is InChI=1S/C32H41N3O5S/c1-23(2)20-33-32(37)25(5)34(21-26-11-10-12-29(19-26)40-6)31(36)22-35(28-17-15-27(16-18-28)24(3)4)41(38,39)30-13-8-7-9-14-30/h7-19,23-25H,20-22H2,1-6H3,(H,33,37). The predicted octanol–water partition coefficient (Wildman–Crippen LogP) is 5.20. The van der Waals surface area contributed by atoms with Crippen LogP contribution >= 0.6 is 0 Å². The van der Waals surface area contributed by atoms with E-state index in [1.54, 1.807) is 56.5 Å². The maximum Gasteiger partial charge on any atom is 0.264 e. The molecule has 0 radical (unpaired) electrons. The van der Waals surface area contributed by atoms with Gasteiger partial charge in [-0.05, 0) is 66.3 Å². The van der Waals surface area contributed by atoms with Crippen LogP contribution in [0.5, 0.6) is 5.75 Å². The number of benzene rings is 3. The summed E-state index contributed by atoms with van der Waals surface area (Å²) in [7, 11) is -2.55. The van der Waals surface area contributed by atoms with Gasteiger partial charge in [0.2, 0.25) is 11.8 Å². The van der Waals surface area contributed by atoms with Crippen molar-refractivity contribution in [3.8, 4) is 5.75 Å². The minimum atomic E-state index is -4.10. The van der Waals surface area contributed by atoms with Crippen molar-refractivity contribution in [2.75, 3.05) is 24.5 Å². The first-order valence-corrected chi connectivity index (χ1v) is 15.3. The normalized spacial score (nSPS) is 12.2. The van der Waals surface area contributed by atoms with Crippen molar-refractivity contribution < 1.29 is 22.7 Å². The molecule has 3 aromatic rings. The van der Waals surface area contributed by atoms with E-state index in [4.69, 9.17) is 4.74 Å². The van der Waals surface area contributed by atoms with Gasteiger partial charge in [-0.2, -0.15) is 0 Å². The van der Waals surface area contributed by atoms with E-state index in [9.17, 15) is 18.0 Å². The quantitative estimate of drug-likeness (QED) is 0.300. The van der Waals surface area contributed by atoms with Gasteiger partial charge in [0.15, 0.2) is 0 Å². The zero-order valence-electron chi connectivity index (χ0n) is 24.7. The second kappa shape index (κ2) is 14.2. The number of rotatable bonds is 13.